The van der Waals surface area contributed by atoms with Crippen molar-refractivity contribution in [3.05, 3.63) is 67.8 Å². The van der Waals surface area contributed by atoms with Crippen molar-refractivity contribution in [3.63, 3.8) is 0 Å². The fourth-order valence-electron chi connectivity index (χ4n) is 1.96. The van der Waals surface area contributed by atoms with Gasteiger partial charge in [-0.1, -0.05) is 0 Å². The smallest absolute Gasteiger partial charge is 0.270 e. The van der Waals surface area contributed by atoms with E-state index in [0.717, 1.165) is 0 Å². The molecule has 0 aliphatic rings. The van der Waals surface area contributed by atoms with Crippen LogP contribution in [0.15, 0.2) is 46.4 Å². The molecule has 1 radical (unpaired) electrons. The molecule has 0 aliphatic carbocycles. The molecular formula is C16H14CoN4O6. The Morgan fingerprint density at radius 2 is 1.19 bits per heavy atom. The van der Waals surface area contributed by atoms with E-state index in [0.29, 0.717) is 0 Å². The maximum absolute atomic E-state index is 10.7. The van der Waals surface area contributed by atoms with Crippen molar-refractivity contribution in [1.82, 2.24) is 0 Å². The summed E-state index contributed by atoms with van der Waals surface area (Å²) in [5, 5.41) is 40.7. The zero-order valence-electron chi connectivity index (χ0n) is 13.7. The SMILES string of the molecule is O=[N+]([O-])c1ccc(O)c(C=NCCN=Cc2cc([N+](=O)[O-])ccc2O)c1.[Co]. The van der Waals surface area contributed by atoms with Crippen molar-refractivity contribution >= 4 is 23.8 Å². The number of nitro benzene ring substituents is 2. The van der Waals surface area contributed by atoms with Crippen molar-refractivity contribution < 1.29 is 36.8 Å². The molecule has 2 rings (SSSR count). The van der Waals surface area contributed by atoms with Gasteiger partial charge in [0, 0.05) is 64.6 Å². The minimum absolute atomic E-state index is 0. The van der Waals surface area contributed by atoms with E-state index in [2.05, 4.69) is 9.98 Å². The number of nitrogens with zero attached hydrogens (tertiary/aromatic N) is 4. The second kappa shape index (κ2) is 9.99. The average Bonchev–Trinajstić information content (AvgIpc) is 2.60. The number of nitro groups is 2. The number of aliphatic imine (C=N–C) groups is 2. The molecule has 11 heteroatoms. The summed E-state index contributed by atoms with van der Waals surface area (Å²) in [7, 11) is 0. The molecule has 0 fully saturated rings. The number of non-ortho nitro benzene ring substituents is 2. The van der Waals surface area contributed by atoms with Crippen molar-refractivity contribution in [2.24, 2.45) is 9.98 Å². The minimum atomic E-state index is -0.577. The van der Waals surface area contributed by atoms with Gasteiger partial charge in [-0.05, 0) is 12.1 Å². The Morgan fingerprint density at radius 1 is 0.815 bits per heavy atom. The molecular weight excluding hydrogens is 403 g/mol. The first-order valence-electron chi connectivity index (χ1n) is 7.33. The fourth-order valence-corrected chi connectivity index (χ4v) is 1.96. The first-order valence-corrected chi connectivity index (χ1v) is 7.33. The summed E-state index contributed by atoms with van der Waals surface area (Å²) in [6, 6.07) is 7.18. The second-order valence-electron chi connectivity index (χ2n) is 5.07. The van der Waals surface area contributed by atoms with Gasteiger partial charge in [-0.25, -0.2) is 0 Å². The van der Waals surface area contributed by atoms with Crippen LogP contribution in [0.25, 0.3) is 0 Å². The van der Waals surface area contributed by atoms with Crippen LogP contribution in [0.2, 0.25) is 0 Å². The molecule has 0 unspecified atom stereocenters. The van der Waals surface area contributed by atoms with Crippen LogP contribution < -0.4 is 0 Å². The predicted molar refractivity (Wildman–Crippen MR) is 94.4 cm³/mol. The Morgan fingerprint density at radius 3 is 1.52 bits per heavy atom. The molecule has 0 amide bonds. The monoisotopic (exact) mass is 417 g/mol. The van der Waals surface area contributed by atoms with Gasteiger partial charge in [0.15, 0.2) is 0 Å². The molecule has 0 spiro atoms. The van der Waals surface area contributed by atoms with E-state index in [9.17, 15) is 30.4 Å². The van der Waals surface area contributed by atoms with Gasteiger partial charge in [0.2, 0.25) is 0 Å². The van der Waals surface area contributed by atoms with E-state index in [1.807, 2.05) is 0 Å². The number of hydrogen-bond acceptors (Lipinski definition) is 8. The Labute approximate surface area is 163 Å². The van der Waals surface area contributed by atoms with Crippen LogP contribution in [0.4, 0.5) is 11.4 Å². The number of benzene rings is 2. The van der Waals surface area contributed by atoms with Gasteiger partial charge in [-0.2, -0.15) is 0 Å². The Bertz CT molecular complexity index is 827. The number of hydrogen-bond donors (Lipinski definition) is 2. The summed E-state index contributed by atoms with van der Waals surface area (Å²) >= 11 is 0. The first kappa shape index (κ1) is 21.7. The van der Waals surface area contributed by atoms with Crippen LogP contribution in [-0.2, 0) is 16.8 Å². The third kappa shape index (κ3) is 6.16. The van der Waals surface area contributed by atoms with Gasteiger partial charge >= 0.3 is 0 Å². The number of phenols is 2. The molecule has 10 nitrogen and oxygen atoms in total. The molecule has 2 aromatic rings. The maximum Gasteiger partial charge on any atom is 0.270 e. The average molecular weight is 417 g/mol. The van der Waals surface area contributed by atoms with Crippen LogP contribution in [0.1, 0.15) is 11.1 Å². The molecule has 0 aliphatic heterocycles. The van der Waals surface area contributed by atoms with E-state index < -0.39 is 9.85 Å². The van der Waals surface area contributed by atoms with E-state index in [4.69, 9.17) is 0 Å². The zero-order valence-corrected chi connectivity index (χ0v) is 14.7. The van der Waals surface area contributed by atoms with Gasteiger partial charge < -0.3 is 10.2 Å². The van der Waals surface area contributed by atoms with Gasteiger partial charge in [0.1, 0.15) is 11.5 Å². The molecule has 2 aromatic carbocycles. The third-order valence-corrected chi connectivity index (χ3v) is 3.26. The molecule has 0 bridgehead atoms. The molecule has 143 valence electrons. The topological polar surface area (TPSA) is 151 Å². The summed E-state index contributed by atoms with van der Waals surface area (Å²) in [6.45, 7) is 0.433. The van der Waals surface area contributed by atoms with Crippen molar-refractivity contribution in [3.8, 4) is 11.5 Å². The molecule has 0 saturated heterocycles. The second-order valence-corrected chi connectivity index (χ2v) is 5.07. The standard InChI is InChI=1S/C16H14N4O6.Co/c21-15-3-1-13(19(23)24)7-11(15)9-17-5-6-18-10-12-8-14(20(25)26)2-4-16(12)22;/h1-4,7-10,21-22H,5-6H2;. The summed E-state index contributed by atoms with van der Waals surface area (Å²) in [5.74, 6) is -0.270. The summed E-state index contributed by atoms with van der Waals surface area (Å²) < 4.78 is 0. The van der Waals surface area contributed by atoms with Crippen LogP contribution >= 0.6 is 0 Å². The summed E-state index contributed by atoms with van der Waals surface area (Å²) in [6.07, 6.45) is 2.59. The van der Waals surface area contributed by atoms with Gasteiger partial charge in [0.25, 0.3) is 11.4 Å². The van der Waals surface area contributed by atoms with Gasteiger partial charge in [0.05, 0.1) is 22.9 Å². The molecule has 2 N–H and O–H groups in total. The molecule has 0 saturated carbocycles. The molecule has 27 heavy (non-hydrogen) atoms. The predicted octanol–water partition coefficient (Wildman–Crippen LogP) is 2.45. The zero-order chi connectivity index (χ0) is 19.1. The van der Waals surface area contributed by atoms with E-state index in [-0.39, 0.29) is 63.9 Å². The van der Waals surface area contributed by atoms with Crippen LogP contribution in [0.3, 0.4) is 0 Å². The van der Waals surface area contributed by atoms with Gasteiger partial charge in [-0.3, -0.25) is 30.2 Å². The minimum Gasteiger partial charge on any atom is -0.507 e. The normalized spacial score (nSPS) is 10.8. The van der Waals surface area contributed by atoms with E-state index >= 15 is 0 Å². The molecule has 0 heterocycles. The maximum atomic E-state index is 10.7. The first-order chi connectivity index (χ1) is 12.4. The van der Waals surface area contributed by atoms with Crippen molar-refractivity contribution in [2.75, 3.05) is 13.1 Å². The fraction of sp³-hybridized carbons (Fsp3) is 0.125. The quantitative estimate of drug-likeness (QED) is 0.306. The Kier molecular flexibility index (Phi) is 8.04. The van der Waals surface area contributed by atoms with Crippen LogP contribution in [0.5, 0.6) is 11.5 Å². The van der Waals surface area contributed by atoms with E-state index in [1.54, 1.807) is 0 Å². The number of rotatable bonds is 7. The van der Waals surface area contributed by atoms with E-state index in [1.165, 1.54) is 48.8 Å². The van der Waals surface area contributed by atoms with Crippen LogP contribution in [0, 0.1) is 20.2 Å². The largest absolute Gasteiger partial charge is 0.507 e. The van der Waals surface area contributed by atoms with Crippen molar-refractivity contribution in [2.45, 2.75) is 0 Å². The summed E-state index contributed by atoms with van der Waals surface area (Å²) in [5.41, 5.74) is 0.0888. The third-order valence-electron chi connectivity index (χ3n) is 3.26. The van der Waals surface area contributed by atoms with Crippen LogP contribution in [-0.4, -0.2) is 45.6 Å². The van der Waals surface area contributed by atoms with Crippen molar-refractivity contribution in [1.29, 1.82) is 0 Å². The Balaban J connectivity index is 0.00000364. The Hall–Kier alpha value is -3.31. The summed E-state index contributed by atoms with van der Waals surface area (Å²) in [4.78, 5) is 28.3. The number of phenolic OH excluding ortho intramolecular Hbond substituents is 2. The molecule has 0 aromatic heterocycles. The van der Waals surface area contributed by atoms with Gasteiger partial charge in [-0.15, -0.1) is 0 Å². The number of aromatic hydroxyl groups is 2. The molecule has 0 atom stereocenters.